The van der Waals surface area contributed by atoms with Crippen molar-refractivity contribution in [2.24, 2.45) is 0 Å². The van der Waals surface area contributed by atoms with Crippen LogP contribution in [0.15, 0.2) is 158 Å². The number of hydrogen-bond donors (Lipinski definition) is 4. The Balaban J connectivity index is 4.59. The molecule has 5 unspecified atom stereocenters. The zero-order chi connectivity index (χ0) is 92.1. The zero-order valence-electron chi connectivity index (χ0n) is 81.2. The molecule has 0 aliphatic rings. The second kappa shape index (κ2) is 100. The van der Waals surface area contributed by atoms with Gasteiger partial charge in [-0.25, -0.2) is 9.13 Å². The lowest BCUT2D eigenvalue weighted by Gasteiger charge is -2.21. The molecule has 0 radical (unpaired) electrons. The summed E-state index contributed by atoms with van der Waals surface area (Å²) in [7, 11) is -9.82. The van der Waals surface area contributed by atoms with Crippen LogP contribution in [-0.4, -0.2) is 95.9 Å². The quantitative estimate of drug-likeness (QED) is 0.0146. The first-order valence-electron chi connectivity index (χ1n) is 51.8. The van der Waals surface area contributed by atoms with Crippen LogP contribution in [0.25, 0.3) is 0 Å². The van der Waals surface area contributed by atoms with Gasteiger partial charge < -0.3 is 34.2 Å². The Bertz CT molecular complexity index is 2940. The first-order chi connectivity index (χ1) is 62.2. The number of phosphoric ester groups is 2. The van der Waals surface area contributed by atoms with Gasteiger partial charge in [-0.2, -0.15) is 0 Å². The predicted molar refractivity (Wildman–Crippen MR) is 537 cm³/mol. The molecule has 4 N–H and O–H groups in total. The molecular formula is C109H190O16P2. The van der Waals surface area contributed by atoms with Crippen LogP contribution in [-0.2, 0) is 55.8 Å². The summed E-state index contributed by atoms with van der Waals surface area (Å²) in [6.07, 6.45) is 130. The zero-order valence-corrected chi connectivity index (χ0v) is 82.9. The van der Waals surface area contributed by atoms with Gasteiger partial charge >= 0.3 is 33.6 Å². The van der Waals surface area contributed by atoms with Crippen molar-refractivity contribution in [3.05, 3.63) is 158 Å². The molecule has 0 heterocycles. The van der Waals surface area contributed by atoms with Gasteiger partial charge in [0.25, 0.3) is 0 Å². The van der Waals surface area contributed by atoms with E-state index >= 15 is 0 Å². The number of esters is 3. The Hall–Kier alpha value is -4.83. The fourth-order valence-corrected chi connectivity index (χ4v) is 16.0. The molecule has 127 heavy (non-hydrogen) atoms. The standard InChI is InChI=1S/C109H190O16P2/c1-4-7-10-13-16-19-22-25-28-31-34-37-40-43-46-48-50-51-53-55-57-59-62-65-68-71-74-77-80-83-86-89-92-95-107(112)119-98-104(110)99-121-126(115,116)122-100-105(111)101-123-127(117,118)124-103-106(125-109(114)97-94-91-88-85-82-79-76-73-70-67-64-61-56-45-42-39-36-33-30-27-24-21-18-15-12-9-6-3)102-120-108(113)96-93-90-87-84-81-78-75-72-69-66-63-60-58-54-52-49-47-44-41-38-35-32-29-26-23-20-17-14-11-8-5-2/h8,11,16-21,25-30,34-39,43-47,56,104-106,110-111H,4-7,9-10,12-15,22-24,31-33,40-42,48-55,57-103H2,1-3H3,(H,115,116)(H,117,118)/b11-8-,19-16-,20-17-,21-18-,28-25-,29-26-,30-27-,37-34-,38-35-,39-36-,46-43-,47-44-,56-45-. The maximum absolute atomic E-state index is 13.1. The highest BCUT2D eigenvalue weighted by molar-refractivity contribution is 7.47. The molecule has 16 nitrogen and oxygen atoms in total. The molecule has 0 rings (SSSR count). The fraction of sp³-hybridized carbons (Fsp3) is 0.734. The third kappa shape index (κ3) is 102. The maximum Gasteiger partial charge on any atom is 0.472 e. The summed E-state index contributed by atoms with van der Waals surface area (Å²) in [6.45, 7) is 2.60. The third-order valence-electron chi connectivity index (χ3n) is 22.2. The van der Waals surface area contributed by atoms with E-state index in [-0.39, 0.29) is 19.3 Å². The number of phosphoric acid groups is 2. The largest absolute Gasteiger partial charge is 0.472 e. The van der Waals surface area contributed by atoms with Crippen molar-refractivity contribution in [3.8, 4) is 0 Å². The summed E-state index contributed by atoms with van der Waals surface area (Å²) >= 11 is 0. The summed E-state index contributed by atoms with van der Waals surface area (Å²) in [5.74, 6) is -1.56. The van der Waals surface area contributed by atoms with E-state index in [9.17, 15) is 43.5 Å². The average Bonchev–Trinajstić information content (AvgIpc) is 0.898. The van der Waals surface area contributed by atoms with Crippen molar-refractivity contribution in [2.75, 3.05) is 39.6 Å². The SMILES string of the molecule is CC/C=C\C/C=C\C/C=C\C/C=C\C/C=C\CCCCCCCCCCCCCCCCCC(=O)OCC(COP(=O)(O)OCC(O)COP(=O)(O)OCC(O)COC(=O)CCCCCCCCCCCCCCCCCCC/C=C\C/C=C\C/C=C\C/C=C\CCCCC)OC(=O)CCCCCCCCCCCCC/C=C\C/C=C\C/C=C\C/C=C\CCCCC. The van der Waals surface area contributed by atoms with Crippen molar-refractivity contribution in [1.82, 2.24) is 0 Å². The van der Waals surface area contributed by atoms with Gasteiger partial charge in [0.15, 0.2) is 6.10 Å². The Morgan fingerprint density at radius 1 is 0.228 bits per heavy atom. The maximum atomic E-state index is 13.1. The van der Waals surface area contributed by atoms with E-state index in [1.807, 2.05) is 0 Å². The van der Waals surface area contributed by atoms with Crippen LogP contribution in [0.5, 0.6) is 0 Å². The number of carbonyl (C=O) groups excluding carboxylic acids is 3. The van der Waals surface area contributed by atoms with E-state index in [1.165, 1.54) is 257 Å². The Morgan fingerprint density at radius 3 is 0.661 bits per heavy atom. The van der Waals surface area contributed by atoms with Crippen LogP contribution in [0.1, 0.15) is 457 Å². The molecule has 0 amide bonds. The molecule has 0 aromatic carbocycles. The molecule has 0 aromatic heterocycles. The van der Waals surface area contributed by atoms with E-state index in [2.05, 4.69) is 179 Å². The summed E-state index contributed by atoms with van der Waals surface area (Å²) in [6, 6.07) is 0. The Labute approximate surface area is 778 Å². The normalized spacial score (nSPS) is 14.3. The van der Waals surface area contributed by atoms with E-state index in [0.717, 1.165) is 141 Å². The number of unbranched alkanes of at least 4 members (excludes halogenated alkanes) is 49. The molecule has 0 saturated carbocycles. The number of ether oxygens (including phenoxy) is 3. The lowest BCUT2D eigenvalue weighted by Crippen LogP contribution is -2.30. The molecule has 0 saturated heterocycles. The highest BCUT2D eigenvalue weighted by Crippen LogP contribution is 2.45. The fourth-order valence-electron chi connectivity index (χ4n) is 14.4. The summed E-state index contributed by atoms with van der Waals surface area (Å²) in [4.78, 5) is 59.2. The number of carbonyl (C=O) groups is 3. The van der Waals surface area contributed by atoms with E-state index in [1.54, 1.807) is 0 Å². The lowest BCUT2D eigenvalue weighted by molar-refractivity contribution is -0.161. The molecule has 0 fully saturated rings. The van der Waals surface area contributed by atoms with Crippen LogP contribution in [0.3, 0.4) is 0 Å². The predicted octanol–water partition coefficient (Wildman–Crippen LogP) is 32.8. The second-order valence-electron chi connectivity index (χ2n) is 34.6. The number of allylic oxidation sites excluding steroid dienone is 26. The molecule has 0 aromatic rings. The minimum atomic E-state index is -4.95. The Morgan fingerprint density at radius 2 is 0.417 bits per heavy atom. The minimum absolute atomic E-state index is 0.0990. The molecule has 0 spiro atoms. The van der Waals surface area contributed by atoms with Crippen molar-refractivity contribution in [2.45, 2.75) is 476 Å². The van der Waals surface area contributed by atoms with Crippen LogP contribution in [0, 0.1) is 0 Å². The van der Waals surface area contributed by atoms with Crippen molar-refractivity contribution < 1.29 is 75.8 Å². The summed E-state index contributed by atoms with van der Waals surface area (Å²) in [5.41, 5.74) is 0. The number of rotatable bonds is 98. The number of aliphatic hydroxyl groups is 2. The lowest BCUT2D eigenvalue weighted by atomic mass is 10.0. The average molecular weight is 1820 g/mol. The second-order valence-corrected chi connectivity index (χ2v) is 37.5. The third-order valence-corrected chi connectivity index (χ3v) is 24.1. The van der Waals surface area contributed by atoms with Gasteiger partial charge in [-0.3, -0.25) is 32.5 Å². The van der Waals surface area contributed by atoms with Gasteiger partial charge in [0.1, 0.15) is 25.4 Å². The number of aliphatic hydroxyl groups excluding tert-OH is 2. The molecule has 18 heteroatoms. The van der Waals surface area contributed by atoms with Gasteiger partial charge in [-0.15, -0.1) is 0 Å². The molecule has 0 aliphatic carbocycles. The van der Waals surface area contributed by atoms with Crippen molar-refractivity contribution >= 4 is 33.6 Å². The summed E-state index contributed by atoms with van der Waals surface area (Å²) in [5, 5.41) is 20.8. The molecule has 732 valence electrons. The molecular weight excluding hydrogens is 1630 g/mol. The summed E-state index contributed by atoms with van der Waals surface area (Å²) < 4.78 is 61.7. The highest BCUT2D eigenvalue weighted by atomic mass is 31.2. The number of hydrogen-bond acceptors (Lipinski definition) is 14. The highest BCUT2D eigenvalue weighted by Gasteiger charge is 2.30. The van der Waals surface area contributed by atoms with Crippen LogP contribution >= 0.6 is 15.6 Å². The van der Waals surface area contributed by atoms with Crippen molar-refractivity contribution in [3.63, 3.8) is 0 Å². The van der Waals surface area contributed by atoms with Gasteiger partial charge in [0, 0.05) is 19.3 Å². The topological polar surface area (TPSA) is 231 Å². The smallest absolute Gasteiger partial charge is 0.463 e. The van der Waals surface area contributed by atoms with Crippen LogP contribution in [0.4, 0.5) is 0 Å². The van der Waals surface area contributed by atoms with Crippen LogP contribution < -0.4 is 0 Å². The molecule has 0 bridgehead atoms. The van der Waals surface area contributed by atoms with Crippen molar-refractivity contribution in [1.29, 1.82) is 0 Å². The first kappa shape index (κ1) is 122. The van der Waals surface area contributed by atoms with Gasteiger partial charge in [0.2, 0.25) is 0 Å². The van der Waals surface area contributed by atoms with Gasteiger partial charge in [0.05, 0.1) is 26.4 Å². The van der Waals surface area contributed by atoms with Gasteiger partial charge in [-0.1, -0.05) is 442 Å². The van der Waals surface area contributed by atoms with Gasteiger partial charge in [-0.05, 0) is 154 Å². The van der Waals surface area contributed by atoms with Crippen LogP contribution in [0.2, 0.25) is 0 Å². The van der Waals surface area contributed by atoms with E-state index in [0.29, 0.717) is 19.3 Å². The molecule has 0 aliphatic heterocycles. The minimum Gasteiger partial charge on any atom is -0.463 e. The monoisotopic (exact) mass is 1820 g/mol. The Kier molecular flexibility index (Phi) is 96.4. The van der Waals surface area contributed by atoms with E-state index < -0.39 is 91.5 Å². The molecule has 5 atom stereocenters. The first-order valence-corrected chi connectivity index (χ1v) is 54.8. The van der Waals surface area contributed by atoms with E-state index in [4.69, 9.17) is 32.3 Å².